The Morgan fingerprint density at radius 2 is 1.88 bits per heavy atom. The summed E-state index contributed by atoms with van der Waals surface area (Å²) in [7, 11) is 0. The number of rotatable bonds is 3. The van der Waals surface area contributed by atoms with E-state index < -0.39 is 18.8 Å². The molecule has 1 amide bonds. The zero-order valence-electron chi connectivity index (χ0n) is 8.89. The number of hydrogen-bond acceptors (Lipinski definition) is 2. The van der Waals surface area contributed by atoms with Gasteiger partial charge in [0.25, 0.3) is 0 Å². The van der Waals surface area contributed by atoms with Crippen molar-refractivity contribution in [2.75, 3.05) is 6.54 Å². The van der Waals surface area contributed by atoms with E-state index >= 15 is 0 Å². The average molecular weight is 239 g/mol. The minimum Gasteiger partial charge on any atom is -0.382 e. The van der Waals surface area contributed by atoms with E-state index in [0.717, 1.165) is 32.1 Å². The molecular formula is C10H16F3NO2. The molecule has 1 aliphatic rings. The second-order valence-corrected chi connectivity index (χ2v) is 4.14. The van der Waals surface area contributed by atoms with Crippen molar-refractivity contribution in [2.45, 2.75) is 44.4 Å². The minimum atomic E-state index is -4.67. The number of alkyl halides is 3. The summed E-state index contributed by atoms with van der Waals surface area (Å²) in [6.07, 6.45) is -2.71. The highest BCUT2D eigenvalue weighted by molar-refractivity contribution is 5.78. The molecule has 1 aliphatic carbocycles. The van der Waals surface area contributed by atoms with Crippen molar-refractivity contribution in [3.8, 4) is 0 Å². The molecule has 1 unspecified atom stereocenters. The van der Waals surface area contributed by atoms with Crippen LogP contribution in [0, 0.1) is 5.92 Å². The topological polar surface area (TPSA) is 49.3 Å². The van der Waals surface area contributed by atoms with Crippen LogP contribution in [0.4, 0.5) is 13.2 Å². The van der Waals surface area contributed by atoms with Crippen molar-refractivity contribution < 1.29 is 23.1 Å². The van der Waals surface area contributed by atoms with Crippen LogP contribution in [0.3, 0.4) is 0 Å². The largest absolute Gasteiger partial charge is 0.416 e. The van der Waals surface area contributed by atoms with E-state index in [1.165, 1.54) is 0 Å². The van der Waals surface area contributed by atoms with Gasteiger partial charge in [0.1, 0.15) is 0 Å². The van der Waals surface area contributed by atoms with Gasteiger partial charge in [-0.15, -0.1) is 0 Å². The van der Waals surface area contributed by atoms with Gasteiger partial charge in [-0.2, -0.15) is 13.2 Å². The number of aliphatic hydroxyl groups excluding tert-OH is 1. The molecule has 1 atom stereocenters. The summed E-state index contributed by atoms with van der Waals surface area (Å²) >= 11 is 0. The molecule has 0 spiro atoms. The maximum Gasteiger partial charge on any atom is 0.416 e. The summed E-state index contributed by atoms with van der Waals surface area (Å²) in [6.45, 7) is -0.751. The van der Waals surface area contributed by atoms with E-state index in [1.54, 1.807) is 0 Å². The molecule has 0 bridgehead atoms. The molecular weight excluding hydrogens is 223 g/mol. The number of hydrogen-bond donors (Lipinski definition) is 2. The molecule has 0 aromatic carbocycles. The Bertz CT molecular complexity index is 237. The number of aliphatic hydroxyl groups is 1. The van der Waals surface area contributed by atoms with Crippen LogP contribution in [0.5, 0.6) is 0 Å². The monoisotopic (exact) mass is 239 g/mol. The van der Waals surface area contributed by atoms with Crippen molar-refractivity contribution in [1.82, 2.24) is 5.32 Å². The lowest BCUT2D eigenvalue weighted by Gasteiger charge is -2.22. The second kappa shape index (κ2) is 5.52. The number of amides is 1. The smallest absolute Gasteiger partial charge is 0.382 e. The van der Waals surface area contributed by atoms with Crippen LogP contribution in [0.2, 0.25) is 0 Å². The van der Waals surface area contributed by atoms with Crippen molar-refractivity contribution in [3.63, 3.8) is 0 Å². The Morgan fingerprint density at radius 3 is 2.38 bits per heavy atom. The molecule has 1 saturated carbocycles. The van der Waals surface area contributed by atoms with Crippen molar-refractivity contribution in [2.24, 2.45) is 5.92 Å². The molecule has 94 valence electrons. The molecule has 3 nitrogen and oxygen atoms in total. The number of halogens is 3. The first-order chi connectivity index (χ1) is 7.41. The lowest BCUT2D eigenvalue weighted by Crippen LogP contribution is -2.42. The molecule has 0 aromatic heterocycles. The first-order valence-corrected chi connectivity index (χ1v) is 5.43. The van der Waals surface area contributed by atoms with Crippen LogP contribution >= 0.6 is 0 Å². The normalized spacial score (nSPS) is 20.5. The van der Waals surface area contributed by atoms with Gasteiger partial charge < -0.3 is 10.4 Å². The van der Waals surface area contributed by atoms with E-state index in [2.05, 4.69) is 5.32 Å². The molecule has 1 fully saturated rings. The average Bonchev–Trinajstić information content (AvgIpc) is 2.25. The highest BCUT2D eigenvalue weighted by atomic mass is 19.4. The molecule has 6 heteroatoms. The highest BCUT2D eigenvalue weighted by Crippen LogP contribution is 2.24. The van der Waals surface area contributed by atoms with Crippen LogP contribution in [0.25, 0.3) is 0 Å². The lowest BCUT2D eigenvalue weighted by molar-refractivity contribution is -0.202. The van der Waals surface area contributed by atoms with Gasteiger partial charge >= 0.3 is 6.18 Å². The number of carbonyl (C=O) groups excluding carboxylic acids is 1. The summed E-state index contributed by atoms with van der Waals surface area (Å²) in [5.74, 6) is -0.558. The predicted molar refractivity (Wildman–Crippen MR) is 51.6 cm³/mol. The van der Waals surface area contributed by atoms with Gasteiger partial charge in [0.15, 0.2) is 6.10 Å². The zero-order valence-corrected chi connectivity index (χ0v) is 8.89. The summed E-state index contributed by atoms with van der Waals surface area (Å²) in [4.78, 5) is 11.4. The van der Waals surface area contributed by atoms with Gasteiger partial charge in [-0.1, -0.05) is 19.3 Å². The van der Waals surface area contributed by atoms with Crippen molar-refractivity contribution >= 4 is 5.91 Å². The first-order valence-electron chi connectivity index (χ1n) is 5.43. The van der Waals surface area contributed by atoms with E-state index in [4.69, 9.17) is 5.11 Å². The summed E-state index contributed by atoms with van der Waals surface area (Å²) in [5, 5.41) is 10.8. The minimum absolute atomic E-state index is 0.186. The van der Waals surface area contributed by atoms with Gasteiger partial charge in [0, 0.05) is 5.92 Å². The fourth-order valence-electron chi connectivity index (χ4n) is 1.82. The first kappa shape index (κ1) is 13.3. The third-order valence-corrected chi connectivity index (χ3v) is 2.82. The third-order valence-electron chi connectivity index (χ3n) is 2.82. The summed E-state index contributed by atoms with van der Waals surface area (Å²) < 4.78 is 35.8. The highest BCUT2D eigenvalue weighted by Gasteiger charge is 2.38. The van der Waals surface area contributed by atoms with E-state index in [1.807, 2.05) is 0 Å². The Morgan fingerprint density at radius 1 is 1.31 bits per heavy atom. The molecule has 16 heavy (non-hydrogen) atoms. The maximum absolute atomic E-state index is 11.9. The predicted octanol–water partition coefficient (Wildman–Crippen LogP) is 1.61. The van der Waals surface area contributed by atoms with Crippen molar-refractivity contribution in [3.05, 3.63) is 0 Å². The number of carbonyl (C=O) groups is 1. The van der Waals surface area contributed by atoms with E-state index in [-0.39, 0.29) is 11.8 Å². The van der Waals surface area contributed by atoms with Crippen LogP contribution in [-0.2, 0) is 4.79 Å². The van der Waals surface area contributed by atoms with Crippen molar-refractivity contribution in [1.29, 1.82) is 0 Å². The van der Waals surface area contributed by atoms with Crippen LogP contribution in [0.15, 0.2) is 0 Å². The molecule has 1 rings (SSSR count). The van der Waals surface area contributed by atoms with Gasteiger partial charge in [-0.3, -0.25) is 4.79 Å². The molecule has 0 aromatic rings. The summed E-state index contributed by atoms with van der Waals surface area (Å²) in [6, 6.07) is 0. The molecule has 0 radical (unpaired) electrons. The second-order valence-electron chi connectivity index (χ2n) is 4.14. The van der Waals surface area contributed by atoms with Crippen LogP contribution in [-0.4, -0.2) is 29.8 Å². The van der Waals surface area contributed by atoms with Gasteiger partial charge in [0.05, 0.1) is 6.54 Å². The van der Waals surface area contributed by atoms with E-state index in [0.29, 0.717) is 0 Å². The SMILES string of the molecule is O=C(NCC(O)C(F)(F)F)C1CCCCC1. The van der Waals surface area contributed by atoms with Crippen LogP contribution in [0.1, 0.15) is 32.1 Å². The fraction of sp³-hybridized carbons (Fsp3) is 0.900. The Balaban J connectivity index is 2.29. The Kier molecular flexibility index (Phi) is 4.58. The van der Waals surface area contributed by atoms with E-state index in [9.17, 15) is 18.0 Å². The van der Waals surface area contributed by atoms with Crippen LogP contribution < -0.4 is 5.32 Å². The molecule has 0 heterocycles. The Labute approximate surface area is 92.0 Å². The Hall–Kier alpha value is -0.780. The standard InChI is InChI=1S/C10H16F3NO2/c11-10(12,13)8(15)6-14-9(16)7-4-2-1-3-5-7/h7-8,15H,1-6H2,(H,14,16). The molecule has 2 N–H and O–H groups in total. The fourth-order valence-corrected chi connectivity index (χ4v) is 1.82. The quantitative estimate of drug-likeness (QED) is 0.786. The lowest BCUT2D eigenvalue weighted by atomic mass is 9.88. The molecule has 0 saturated heterocycles. The summed E-state index contributed by atoms with van der Waals surface area (Å²) in [5.41, 5.74) is 0. The zero-order chi connectivity index (χ0) is 12.2. The number of nitrogens with one attached hydrogen (secondary N) is 1. The third kappa shape index (κ3) is 4.00. The van der Waals surface area contributed by atoms with Gasteiger partial charge in [-0.05, 0) is 12.8 Å². The van der Waals surface area contributed by atoms with Gasteiger partial charge in [0.2, 0.25) is 5.91 Å². The molecule has 0 aliphatic heterocycles. The maximum atomic E-state index is 11.9. The van der Waals surface area contributed by atoms with Gasteiger partial charge in [-0.25, -0.2) is 0 Å².